The van der Waals surface area contributed by atoms with Crippen molar-refractivity contribution in [2.45, 2.75) is 4.83 Å². The van der Waals surface area contributed by atoms with Gasteiger partial charge >= 0.3 is 5.97 Å². The van der Waals surface area contributed by atoms with Crippen LogP contribution < -0.4 is 4.72 Å². The van der Waals surface area contributed by atoms with E-state index in [4.69, 9.17) is 0 Å². The van der Waals surface area contributed by atoms with Gasteiger partial charge < -0.3 is 4.74 Å². The van der Waals surface area contributed by atoms with E-state index in [1.165, 1.54) is 21.2 Å². The number of carbonyl (C=O) groups excluding carboxylic acids is 1. The predicted molar refractivity (Wildman–Crippen MR) is 55.3 cm³/mol. The highest BCUT2D eigenvalue weighted by molar-refractivity contribution is 9.10. The van der Waals surface area contributed by atoms with Gasteiger partial charge in [-0.05, 0) is 0 Å². The smallest absolute Gasteiger partial charge is 0.320 e. The Morgan fingerprint density at radius 2 is 2.07 bits per heavy atom. The molecule has 6 nitrogen and oxygen atoms in total. The molecular formula is C6H13BrN2O4S. The van der Waals surface area contributed by atoms with Crippen LogP contribution in [0.5, 0.6) is 0 Å². The van der Waals surface area contributed by atoms with Crippen molar-refractivity contribution in [1.29, 1.82) is 0 Å². The third-order valence-corrected chi connectivity index (χ3v) is 3.57. The number of carbonyl (C=O) groups is 1. The molecule has 14 heavy (non-hydrogen) atoms. The molecule has 0 saturated heterocycles. The molecule has 8 heteroatoms. The van der Waals surface area contributed by atoms with Crippen LogP contribution >= 0.6 is 15.9 Å². The highest BCUT2D eigenvalue weighted by Gasteiger charge is 2.19. The number of hydrogen-bond acceptors (Lipinski definition) is 4. The Labute approximate surface area is 91.9 Å². The summed E-state index contributed by atoms with van der Waals surface area (Å²) in [6.07, 6.45) is 0. The van der Waals surface area contributed by atoms with Gasteiger partial charge in [-0.2, -0.15) is 12.7 Å². The van der Waals surface area contributed by atoms with Crippen molar-refractivity contribution in [2.75, 3.05) is 27.7 Å². The molecule has 84 valence electrons. The van der Waals surface area contributed by atoms with Gasteiger partial charge in [0.05, 0.1) is 7.11 Å². The summed E-state index contributed by atoms with van der Waals surface area (Å²) < 4.78 is 30.0. The van der Waals surface area contributed by atoms with Crippen LogP contribution in [0.1, 0.15) is 0 Å². The summed E-state index contributed by atoms with van der Waals surface area (Å²) >= 11 is 2.99. The normalized spacial score (nSPS) is 14.1. The van der Waals surface area contributed by atoms with Crippen LogP contribution in [0.2, 0.25) is 0 Å². The first-order valence-electron chi connectivity index (χ1n) is 3.70. The molecule has 0 fully saturated rings. The molecule has 0 amide bonds. The maximum absolute atomic E-state index is 11.2. The Morgan fingerprint density at radius 3 is 2.43 bits per heavy atom. The summed E-state index contributed by atoms with van der Waals surface area (Å²) in [5, 5.41) is 0. The summed E-state index contributed by atoms with van der Waals surface area (Å²) in [5.41, 5.74) is 0. The van der Waals surface area contributed by atoms with Gasteiger partial charge in [0.1, 0.15) is 4.83 Å². The Bertz CT molecular complexity index is 290. The van der Waals surface area contributed by atoms with Gasteiger partial charge in [0, 0.05) is 20.6 Å². The molecule has 0 heterocycles. The monoisotopic (exact) mass is 288 g/mol. The number of rotatable bonds is 5. The number of nitrogens with one attached hydrogen (secondary N) is 1. The Balaban J connectivity index is 4.14. The lowest BCUT2D eigenvalue weighted by Gasteiger charge is -2.13. The van der Waals surface area contributed by atoms with E-state index < -0.39 is 21.0 Å². The first kappa shape index (κ1) is 13.8. The second kappa shape index (κ2) is 5.64. The lowest BCUT2D eigenvalue weighted by Crippen LogP contribution is -2.40. The minimum absolute atomic E-state index is 0.0484. The molecule has 0 saturated carbocycles. The topological polar surface area (TPSA) is 75.7 Å². The van der Waals surface area contributed by atoms with Crippen LogP contribution in [0.3, 0.4) is 0 Å². The van der Waals surface area contributed by atoms with E-state index in [9.17, 15) is 13.2 Å². The molecule has 0 aromatic carbocycles. The molecule has 0 aromatic rings. The van der Waals surface area contributed by atoms with Gasteiger partial charge in [-0.15, -0.1) is 0 Å². The summed E-state index contributed by atoms with van der Waals surface area (Å²) in [4.78, 5) is 10.2. The minimum Gasteiger partial charge on any atom is -0.468 e. The molecule has 0 bridgehead atoms. The van der Waals surface area contributed by atoms with Crippen LogP contribution in [0.4, 0.5) is 0 Å². The number of methoxy groups -OCH3 is 1. The van der Waals surface area contributed by atoms with E-state index >= 15 is 0 Å². The van der Waals surface area contributed by atoms with E-state index in [2.05, 4.69) is 25.4 Å². The number of halogens is 1. The quantitative estimate of drug-likeness (QED) is 0.537. The molecule has 0 aliphatic carbocycles. The van der Waals surface area contributed by atoms with Crippen LogP contribution in [0.25, 0.3) is 0 Å². The van der Waals surface area contributed by atoms with Gasteiger partial charge in [0.25, 0.3) is 10.2 Å². The third-order valence-electron chi connectivity index (χ3n) is 1.38. The molecule has 0 spiro atoms. The highest BCUT2D eigenvalue weighted by atomic mass is 79.9. The first-order chi connectivity index (χ1) is 6.31. The SMILES string of the molecule is COC(=O)C(Br)CNS(=O)(=O)N(C)C. The van der Waals surface area contributed by atoms with Crippen LogP contribution in [-0.4, -0.2) is 51.3 Å². The first-order valence-corrected chi connectivity index (χ1v) is 6.06. The number of hydrogen-bond donors (Lipinski definition) is 1. The predicted octanol–water partition coefficient (Wildman–Crippen LogP) is -0.681. The van der Waals surface area contributed by atoms with Crippen molar-refractivity contribution >= 4 is 32.1 Å². The van der Waals surface area contributed by atoms with E-state index in [1.54, 1.807) is 0 Å². The van der Waals surface area contributed by atoms with E-state index in [0.29, 0.717) is 0 Å². The van der Waals surface area contributed by atoms with E-state index in [-0.39, 0.29) is 6.54 Å². The number of alkyl halides is 1. The molecule has 0 rings (SSSR count). The van der Waals surface area contributed by atoms with Crippen molar-refractivity contribution in [2.24, 2.45) is 0 Å². The number of esters is 1. The Hall–Kier alpha value is -0.180. The van der Waals surface area contributed by atoms with Gasteiger partial charge in [0.15, 0.2) is 0 Å². The van der Waals surface area contributed by atoms with Crippen molar-refractivity contribution in [3.63, 3.8) is 0 Å². The fraction of sp³-hybridized carbons (Fsp3) is 0.833. The fourth-order valence-electron chi connectivity index (χ4n) is 0.519. The largest absolute Gasteiger partial charge is 0.468 e. The van der Waals surface area contributed by atoms with Gasteiger partial charge in [0.2, 0.25) is 0 Å². The second-order valence-electron chi connectivity index (χ2n) is 2.63. The summed E-state index contributed by atoms with van der Waals surface area (Å²) in [6.45, 7) is -0.0484. The van der Waals surface area contributed by atoms with Crippen LogP contribution in [0.15, 0.2) is 0 Å². The van der Waals surface area contributed by atoms with Gasteiger partial charge in [-0.3, -0.25) is 4.79 Å². The molecule has 0 aliphatic rings. The number of ether oxygens (including phenoxy) is 1. The Morgan fingerprint density at radius 1 is 1.57 bits per heavy atom. The third kappa shape index (κ3) is 4.36. The molecule has 0 radical (unpaired) electrons. The van der Waals surface area contributed by atoms with Gasteiger partial charge in [-0.1, -0.05) is 15.9 Å². The van der Waals surface area contributed by atoms with E-state index in [1.807, 2.05) is 0 Å². The average Bonchev–Trinajstić information content (AvgIpc) is 2.12. The fourth-order valence-corrected chi connectivity index (χ4v) is 1.72. The zero-order valence-corrected chi connectivity index (χ0v) is 10.6. The standard InChI is InChI=1S/C6H13BrN2O4S/c1-9(2)14(11,12)8-4-5(7)6(10)13-3/h5,8H,4H2,1-3H3. The maximum Gasteiger partial charge on any atom is 0.320 e. The average molecular weight is 289 g/mol. The van der Waals surface area contributed by atoms with E-state index in [0.717, 1.165) is 4.31 Å². The lowest BCUT2D eigenvalue weighted by molar-refractivity contribution is -0.139. The Kier molecular flexibility index (Phi) is 5.57. The maximum atomic E-state index is 11.2. The van der Waals surface area contributed by atoms with Crippen LogP contribution in [0, 0.1) is 0 Å². The van der Waals surface area contributed by atoms with Crippen LogP contribution in [-0.2, 0) is 19.7 Å². The lowest BCUT2D eigenvalue weighted by atomic mass is 10.4. The zero-order chi connectivity index (χ0) is 11.4. The molecule has 1 atom stereocenters. The van der Waals surface area contributed by atoms with Crippen molar-refractivity contribution in [3.05, 3.63) is 0 Å². The molecule has 1 unspecified atom stereocenters. The molecule has 0 aliphatic heterocycles. The van der Waals surface area contributed by atoms with Gasteiger partial charge in [-0.25, -0.2) is 4.72 Å². The zero-order valence-electron chi connectivity index (χ0n) is 8.15. The molecule has 0 aromatic heterocycles. The summed E-state index contributed by atoms with van der Waals surface area (Å²) in [5.74, 6) is -0.522. The van der Waals surface area contributed by atoms with Crippen molar-refractivity contribution in [1.82, 2.24) is 9.03 Å². The minimum atomic E-state index is -3.49. The number of nitrogens with zero attached hydrogens (tertiary/aromatic N) is 1. The summed E-state index contributed by atoms with van der Waals surface area (Å²) in [7, 11) is 0.529. The highest BCUT2D eigenvalue weighted by Crippen LogP contribution is 2.01. The summed E-state index contributed by atoms with van der Waals surface area (Å²) in [6, 6.07) is 0. The molecular weight excluding hydrogens is 276 g/mol. The second-order valence-corrected chi connectivity index (χ2v) is 5.70. The van der Waals surface area contributed by atoms with Crippen molar-refractivity contribution in [3.8, 4) is 0 Å². The van der Waals surface area contributed by atoms with Crippen molar-refractivity contribution < 1.29 is 17.9 Å². The molecule has 1 N–H and O–H groups in total.